The second-order valence-electron chi connectivity index (χ2n) is 3.89. The van der Waals surface area contributed by atoms with Crippen molar-refractivity contribution in [3.05, 3.63) is 35.9 Å². The third-order valence-electron chi connectivity index (χ3n) is 2.46. The quantitative estimate of drug-likeness (QED) is 0.839. The molecule has 0 radical (unpaired) electrons. The van der Waals surface area contributed by atoms with Crippen LogP contribution in [0, 0.1) is 0 Å². The smallest absolute Gasteiger partial charge is 0.110 e. The zero-order valence-electron chi connectivity index (χ0n) is 9.54. The van der Waals surface area contributed by atoms with E-state index in [1.54, 1.807) is 17.1 Å². The van der Waals surface area contributed by atoms with Crippen molar-refractivity contribution < 1.29 is 5.11 Å². The van der Waals surface area contributed by atoms with E-state index >= 15 is 0 Å². The maximum absolute atomic E-state index is 10.1. The van der Waals surface area contributed by atoms with Gasteiger partial charge < -0.3 is 5.11 Å². The molecule has 1 atom stereocenters. The molecule has 0 aromatic carbocycles. The highest BCUT2D eigenvalue weighted by molar-refractivity contribution is 5.22. The van der Waals surface area contributed by atoms with Gasteiger partial charge in [-0.1, -0.05) is 6.92 Å². The van der Waals surface area contributed by atoms with Gasteiger partial charge in [0.05, 0.1) is 12.4 Å². The molecule has 1 N–H and O–H groups in total. The molecule has 5 nitrogen and oxygen atoms in total. The molecule has 16 heavy (non-hydrogen) atoms. The Hall–Kier alpha value is -1.62. The normalized spacial score (nSPS) is 12.9. The monoisotopic (exact) mass is 220 g/mol. The zero-order chi connectivity index (χ0) is 11.5. The zero-order valence-corrected chi connectivity index (χ0v) is 9.54. The van der Waals surface area contributed by atoms with Crippen molar-refractivity contribution in [2.45, 2.75) is 26.0 Å². The average Bonchev–Trinajstić information content (AvgIpc) is 2.87. The first kappa shape index (κ1) is 10.9. The maximum atomic E-state index is 10.1. The predicted octanol–water partition coefficient (Wildman–Crippen LogP) is 1.11. The van der Waals surface area contributed by atoms with Crippen LogP contribution >= 0.6 is 0 Å². The van der Waals surface area contributed by atoms with Gasteiger partial charge in [0.25, 0.3) is 0 Å². The molecular formula is C11H16N4O. The summed E-state index contributed by atoms with van der Waals surface area (Å²) < 4.78 is 3.52. The van der Waals surface area contributed by atoms with Gasteiger partial charge in [-0.2, -0.15) is 10.2 Å². The van der Waals surface area contributed by atoms with Crippen LogP contribution < -0.4 is 0 Å². The van der Waals surface area contributed by atoms with Crippen LogP contribution in [0.3, 0.4) is 0 Å². The molecule has 0 aliphatic rings. The van der Waals surface area contributed by atoms with Crippen molar-refractivity contribution in [3.8, 4) is 0 Å². The molecule has 1 unspecified atom stereocenters. The summed E-state index contributed by atoms with van der Waals surface area (Å²) in [5, 5.41) is 18.3. The van der Waals surface area contributed by atoms with Crippen molar-refractivity contribution in [1.82, 2.24) is 19.6 Å². The van der Waals surface area contributed by atoms with Gasteiger partial charge in [-0.25, -0.2) is 0 Å². The summed E-state index contributed by atoms with van der Waals surface area (Å²) in [5.74, 6) is 0. The highest BCUT2D eigenvalue weighted by Gasteiger charge is 2.13. The van der Waals surface area contributed by atoms with Crippen LogP contribution in [0.5, 0.6) is 0 Å². The maximum Gasteiger partial charge on any atom is 0.110 e. The molecule has 0 amide bonds. The Morgan fingerprint density at radius 1 is 1.25 bits per heavy atom. The van der Waals surface area contributed by atoms with Crippen LogP contribution in [0.2, 0.25) is 0 Å². The summed E-state index contributed by atoms with van der Waals surface area (Å²) in [5.41, 5.74) is 1.60. The van der Waals surface area contributed by atoms with Crippen LogP contribution in [0.15, 0.2) is 24.8 Å². The minimum atomic E-state index is -0.640. The topological polar surface area (TPSA) is 55.9 Å². The highest BCUT2D eigenvalue weighted by Crippen LogP contribution is 2.20. The van der Waals surface area contributed by atoms with Crippen molar-refractivity contribution in [2.75, 3.05) is 0 Å². The molecule has 0 aliphatic carbocycles. The van der Waals surface area contributed by atoms with Crippen LogP contribution in [0.1, 0.15) is 30.6 Å². The third-order valence-corrected chi connectivity index (χ3v) is 2.46. The predicted molar refractivity (Wildman–Crippen MR) is 59.8 cm³/mol. The van der Waals surface area contributed by atoms with Crippen molar-refractivity contribution in [3.63, 3.8) is 0 Å². The summed E-state index contributed by atoms with van der Waals surface area (Å²) in [6.45, 7) is 2.97. The fourth-order valence-corrected chi connectivity index (χ4v) is 1.65. The molecule has 0 bridgehead atoms. The molecular weight excluding hydrogens is 204 g/mol. The van der Waals surface area contributed by atoms with E-state index in [0.717, 1.165) is 24.1 Å². The third kappa shape index (κ3) is 2.14. The Balaban J connectivity index is 2.17. The van der Waals surface area contributed by atoms with Crippen molar-refractivity contribution in [2.24, 2.45) is 7.05 Å². The minimum Gasteiger partial charge on any atom is -0.383 e. The summed E-state index contributed by atoms with van der Waals surface area (Å²) in [6.07, 6.45) is 7.45. The highest BCUT2D eigenvalue weighted by atomic mass is 16.3. The first-order chi connectivity index (χ1) is 7.70. The van der Waals surface area contributed by atoms with E-state index in [1.165, 1.54) is 0 Å². The Bertz CT molecular complexity index is 460. The van der Waals surface area contributed by atoms with E-state index in [-0.39, 0.29) is 0 Å². The number of aryl methyl sites for hydroxylation is 2. The second kappa shape index (κ2) is 4.49. The molecule has 0 fully saturated rings. The van der Waals surface area contributed by atoms with Crippen molar-refractivity contribution >= 4 is 0 Å². The van der Waals surface area contributed by atoms with Crippen LogP contribution in [0.25, 0.3) is 0 Å². The SMILES string of the molecule is CCCn1cc(C(O)c2cnn(C)c2)cn1. The minimum absolute atomic E-state index is 0.640. The second-order valence-corrected chi connectivity index (χ2v) is 3.89. The molecule has 2 heterocycles. The number of aromatic nitrogens is 4. The Labute approximate surface area is 94.3 Å². The number of aliphatic hydroxyl groups is 1. The van der Waals surface area contributed by atoms with Gasteiger partial charge in [-0.15, -0.1) is 0 Å². The van der Waals surface area contributed by atoms with E-state index < -0.39 is 6.10 Å². The van der Waals surface area contributed by atoms with Crippen LogP contribution in [0.4, 0.5) is 0 Å². The number of hydrogen-bond donors (Lipinski definition) is 1. The van der Waals surface area contributed by atoms with Gasteiger partial charge >= 0.3 is 0 Å². The first-order valence-corrected chi connectivity index (χ1v) is 5.39. The molecule has 86 valence electrons. The van der Waals surface area contributed by atoms with Gasteiger partial charge in [-0.05, 0) is 6.42 Å². The lowest BCUT2D eigenvalue weighted by atomic mass is 10.1. The first-order valence-electron chi connectivity index (χ1n) is 5.39. The molecule has 2 rings (SSSR count). The summed E-state index contributed by atoms with van der Waals surface area (Å²) in [7, 11) is 1.83. The van der Waals surface area contributed by atoms with E-state index in [0.29, 0.717) is 0 Å². The molecule has 0 saturated carbocycles. The Kier molecular flexibility index (Phi) is 3.05. The number of hydrogen-bond acceptors (Lipinski definition) is 3. The lowest BCUT2D eigenvalue weighted by Gasteiger charge is -2.04. The van der Waals surface area contributed by atoms with E-state index in [4.69, 9.17) is 0 Å². The van der Waals surface area contributed by atoms with Gasteiger partial charge in [0, 0.05) is 37.1 Å². The fourth-order valence-electron chi connectivity index (χ4n) is 1.65. The molecule has 2 aromatic heterocycles. The number of aliphatic hydroxyl groups excluding tert-OH is 1. The van der Waals surface area contributed by atoms with Gasteiger partial charge in [-0.3, -0.25) is 9.36 Å². The average molecular weight is 220 g/mol. The number of rotatable bonds is 4. The summed E-state index contributed by atoms with van der Waals surface area (Å²) in [4.78, 5) is 0. The van der Waals surface area contributed by atoms with Crippen molar-refractivity contribution in [1.29, 1.82) is 0 Å². The molecule has 0 aliphatic heterocycles. The standard InChI is InChI=1S/C11H16N4O/c1-3-4-15-8-10(6-13-15)11(16)9-5-12-14(2)7-9/h5-8,11,16H,3-4H2,1-2H3. The van der Waals surface area contributed by atoms with E-state index in [9.17, 15) is 5.11 Å². The number of nitrogens with zero attached hydrogens (tertiary/aromatic N) is 4. The largest absolute Gasteiger partial charge is 0.383 e. The fraction of sp³-hybridized carbons (Fsp3) is 0.455. The van der Waals surface area contributed by atoms with Gasteiger partial charge in [0.1, 0.15) is 6.10 Å². The summed E-state index contributed by atoms with van der Waals surface area (Å²) >= 11 is 0. The molecule has 0 saturated heterocycles. The Morgan fingerprint density at radius 3 is 2.56 bits per heavy atom. The van der Waals surface area contributed by atoms with E-state index in [1.807, 2.05) is 24.1 Å². The summed E-state index contributed by atoms with van der Waals surface area (Å²) in [6, 6.07) is 0. The molecule has 0 spiro atoms. The van der Waals surface area contributed by atoms with E-state index in [2.05, 4.69) is 17.1 Å². The van der Waals surface area contributed by atoms with Gasteiger partial charge in [0.15, 0.2) is 0 Å². The van der Waals surface area contributed by atoms with Gasteiger partial charge in [0.2, 0.25) is 0 Å². The molecule has 2 aromatic rings. The van der Waals surface area contributed by atoms with Crippen LogP contribution in [-0.2, 0) is 13.6 Å². The lowest BCUT2D eigenvalue weighted by molar-refractivity contribution is 0.220. The lowest BCUT2D eigenvalue weighted by Crippen LogP contribution is -1.98. The van der Waals surface area contributed by atoms with Crippen LogP contribution in [-0.4, -0.2) is 24.7 Å². The Morgan fingerprint density at radius 2 is 1.94 bits per heavy atom. The molecule has 5 heteroatoms.